The number of sulfonamides is 1. The molecule has 3 aromatic rings. The van der Waals surface area contributed by atoms with E-state index in [0.29, 0.717) is 6.54 Å². The van der Waals surface area contributed by atoms with Gasteiger partial charge >= 0.3 is 0 Å². The Morgan fingerprint density at radius 2 is 1.89 bits per heavy atom. The molecule has 0 fully saturated rings. The molecule has 4 N–H and O–H groups in total. The molecule has 0 saturated heterocycles. The lowest BCUT2D eigenvalue weighted by Crippen LogP contribution is -2.48. The quantitative estimate of drug-likeness (QED) is 0.241. The summed E-state index contributed by atoms with van der Waals surface area (Å²) in [6, 6.07) is 9.87. The zero-order chi connectivity index (χ0) is 25.6. The van der Waals surface area contributed by atoms with Crippen molar-refractivity contribution in [2.45, 2.75) is 25.1 Å². The van der Waals surface area contributed by atoms with Gasteiger partial charge in [0.2, 0.25) is 10.0 Å². The van der Waals surface area contributed by atoms with Gasteiger partial charge in [-0.15, -0.1) is 11.3 Å². The first-order valence-electron chi connectivity index (χ1n) is 10.3. The second kappa shape index (κ2) is 12.2. The first-order chi connectivity index (χ1) is 16.5. The standard InChI is InChI=1S/C22H23F2IN4O4S2/c1-35(32,33)29-22-28-19(12-34-22)21(31)27-18(8-14-5-15(23)9-16(24)6-14)20(30)11-26-10-13-3-2-4-17(25)7-13/h2-7,9,12,18,20,26,30H,8,10-11H2,1H3,(H,27,31)(H,28,29)/t18-,20+/m0/s1. The zero-order valence-electron chi connectivity index (χ0n) is 18.5. The van der Waals surface area contributed by atoms with Gasteiger partial charge in [-0.1, -0.05) is 12.1 Å². The third-order valence-electron chi connectivity index (χ3n) is 4.74. The van der Waals surface area contributed by atoms with E-state index in [1.165, 1.54) is 5.38 Å². The van der Waals surface area contributed by atoms with Crippen molar-refractivity contribution >= 4 is 55.0 Å². The molecule has 8 nitrogen and oxygen atoms in total. The monoisotopic (exact) mass is 636 g/mol. The Balaban J connectivity index is 1.71. The highest BCUT2D eigenvalue weighted by Gasteiger charge is 2.24. The number of aliphatic hydroxyl groups is 1. The van der Waals surface area contributed by atoms with Crippen LogP contribution in [0.4, 0.5) is 13.9 Å². The summed E-state index contributed by atoms with van der Waals surface area (Å²) in [4.78, 5) is 16.7. The van der Waals surface area contributed by atoms with Crippen molar-refractivity contribution in [2.75, 3.05) is 17.5 Å². The number of hydrogen-bond acceptors (Lipinski definition) is 7. The minimum atomic E-state index is -3.56. The number of amides is 1. The van der Waals surface area contributed by atoms with E-state index < -0.39 is 39.7 Å². The van der Waals surface area contributed by atoms with Crippen LogP contribution in [0.5, 0.6) is 0 Å². The summed E-state index contributed by atoms with van der Waals surface area (Å²) in [5.41, 5.74) is 1.20. The molecule has 188 valence electrons. The van der Waals surface area contributed by atoms with Gasteiger partial charge in [0.25, 0.3) is 5.91 Å². The first kappa shape index (κ1) is 27.4. The molecule has 2 atom stereocenters. The SMILES string of the molecule is CS(=O)(=O)Nc1nc(C(=O)N[C@@H](Cc2cc(F)cc(F)c2)[C@H](O)CNCc2cccc(I)c2)cs1. The molecular weight excluding hydrogens is 613 g/mol. The third-order valence-corrected chi connectivity index (χ3v) is 6.86. The molecule has 1 aromatic heterocycles. The van der Waals surface area contributed by atoms with Crippen molar-refractivity contribution in [1.29, 1.82) is 0 Å². The largest absolute Gasteiger partial charge is 0.390 e. The Morgan fingerprint density at radius 1 is 1.17 bits per heavy atom. The van der Waals surface area contributed by atoms with Crippen molar-refractivity contribution < 1.29 is 27.1 Å². The number of aromatic nitrogens is 1. The molecule has 2 aromatic carbocycles. The molecule has 0 spiro atoms. The number of nitrogens with one attached hydrogen (secondary N) is 3. The van der Waals surface area contributed by atoms with E-state index in [1.807, 2.05) is 24.3 Å². The fourth-order valence-electron chi connectivity index (χ4n) is 3.25. The third kappa shape index (κ3) is 9.07. The maximum atomic E-state index is 13.7. The van der Waals surface area contributed by atoms with Crippen molar-refractivity contribution in [3.05, 3.63) is 79.9 Å². The normalized spacial score (nSPS) is 13.3. The number of anilines is 1. The van der Waals surface area contributed by atoms with Gasteiger partial charge in [0.1, 0.15) is 17.3 Å². The molecule has 13 heteroatoms. The summed E-state index contributed by atoms with van der Waals surface area (Å²) in [7, 11) is -3.56. The van der Waals surface area contributed by atoms with Crippen LogP contribution >= 0.6 is 33.9 Å². The van der Waals surface area contributed by atoms with Crippen molar-refractivity contribution in [1.82, 2.24) is 15.6 Å². The maximum Gasteiger partial charge on any atom is 0.271 e. The molecule has 35 heavy (non-hydrogen) atoms. The summed E-state index contributed by atoms with van der Waals surface area (Å²) < 4.78 is 53.4. The number of thiazole rings is 1. The number of halogens is 3. The number of aliphatic hydroxyl groups excluding tert-OH is 1. The number of carbonyl (C=O) groups excluding carboxylic acids is 1. The molecule has 1 heterocycles. The second-order valence-corrected chi connectivity index (χ2v) is 11.7. The number of rotatable bonds is 11. The number of nitrogens with zero attached hydrogens (tertiary/aromatic N) is 1. The number of hydrogen-bond donors (Lipinski definition) is 4. The Morgan fingerprint density at radius 3 is 2.54 bits per heavy atom. The molecule has 0 aliphatic carbocycles. The van der Waals surface area contributed by atoms with Crippen LogP contribution in [0.2, 0.25) is 0 Å². The van der Waals surface area contributed by atoms with E-state index in [0.717, 1.165) is 44.9 Å². The predicted octanol–water partition coefficient (Wildman–Crippen LogP) is 2.89. The molecule has 0 aliphatic rings. The average Bonchev–Trinajstić information content (AvgIpc) is 3.19. The molecule has 1 amide bonds. The smallest absolute Gasteiger partial charge is 0.271 e. The number of benzene rings is 2. The van der Waals surface area contributed by atoms with Gasteiger partial charge in [-0.05, 0) is 64.4 Å². The van der Waals surface area contributed by atoms with Gasteiger partial charge in [0, 0.05) is 28.1 Å². The van der Waals surface area contributed by atoms with Gasteiger partial charge in [-0.25, -0.2) is 22.2 Å². The van der Waals surface area contributed by atoms with Crippen molar-refractivity contribution in [2.24, 2.45) is 0 Å². The molecule has 0 saturated carbocycles. The van der Waals surface area contributed by atoms with Gasteiger partial charge in [-0.2, -0.15) is 0 Å². The van der Waals surface area contributed by atoms with Crippen LogP contribution in [0.25, 0.3) is 0 Å². The van der Waals surface area contributed by atoms with E-state index in [1.54, 1.807) is 0 Å². The molecule has 0 aliphatic heterocycles. The summed E-state index contributed by atoms with van der Waals surface area (Å²) in [6.07, 6.45) is -0.201. The van der Waals surface area contributed by atoms with Gasteiger partial charge in [0.15, 0.2) is 5.13 Å². The fourth-order valence-corrected chi connectivity index (χ4v) is 5.40. The summed E-state index contributed by atoms with van der Waals surface area (Å²) in [5, 5.41) is 18.0. The Labute approximate surface area is 219 Å². The Bertz CT molecular complexity index is 1270. The molecule has 0 unspecified atom stereocenters. The van der Waals surface area contributed by atoms with Crippen LogP contribution in [0, 0.1) is 15.2 Å². The lowest BCUT2D eigenvalue weighted by atomic mass is 10.0. The van der Waals surface area contributed by atoms with Crippen LogP contribution in [0.15, 0.2) is 47.8 Å². The van der Waals surface area contributed by atoms with Crippen LogP contribution < -0.4 is 15.4 Å². The minimum Gasteiger partial charge on any atom is -0.390 e. The van der Waals surface area contributed by atoms with Gasteiger partial charge < -0.3 is 15.7 Å². The van der Waals surface area contributed by atoms with Gasteiger partial charge in [-0.3, -0.25) is 9.52 Å². The average molecular weight is 636 g/mol. The Kier molecular flexibility index (Phi) is 9.52. The van der Waals surface area contributed by atoms with Crippen LogP contribution in [-0.2, 0) is 23.0 Å². The van der Waals surface area contributed by atoms with E-state index in [-0.39, 0.29) is 29.4 Å². The lowest BCUT2D eigenvalue weighted by Gasteiger charge is -2.24. The molecular formula is C22H23F2IN4O4S2. The van der Waals surface area contributed by atoms with Crippen molar-refractivity contribution in [3.8, 4) is 0 Å². The zero-order valence-corrected chi connectivity index (χ0v) is 22.3. The molecule has 0 radical (unpaired) electrons. The minimum absolute atomic E-state index is 0.0149. The van der Waals surface area contributed by atoms with Crippen molar-refractivity contribution in [3.63, 3.8) is 0 Å². The van der Waals surface area contributed by atoms with E-state index >= 15 is 0 Å². The second-order valence-electron chi connectivity index (χ2n) is 7.80. The highest BCUT2D eigenvalue weighted by atomic mass is 127. The van der Waals surface area contributed by atoms with Crippen LogP contribution in [0.3, 0.4) is 0 Å². The summed E-state index contributed by atoms with van der Waals surface area (Å²) >= 11 is 3.12. The predicted molar refractivity (Wildman–Crippen MR) is 139 cm³/mol. The van der Waals surface area contributed by atoms with Crippen LogP contribution in [-0.4, -0.2) is 49.4 Å². The fraction of sp³-hybridized carbons (Fsp3) is 0.273. The topological polar surface area (TPSA) is 120 Å². The highest BCUT2D eigenvalue weighted by molar-refractivity contribution is 14.1. The van der Waals surface area contributed by atoms with E-state index in [2.05, 4.69) is 42.9 Å². The maximum absolute atomic E-state index is 13.7. The van der Waals surface area contributed by atoms with Crippen LogP contribution in [0.1, 0.15) is 21.6 Å². The summed E-state index contributed by atoms with van der Waals surface area (Å²) in [5.74, 6) is -2.21. The summed E-state index contributed by atoms with van der Waals surface area (Å²) in [6.45, 7) is 0.557. The molecule has 3 rings (SSSR count). The van der Waals surface area contributed by atoms with Gasteiger partial charge in [0.05, 0.1) is 18.4 Å². The Hall–Kier alpha value is -2.20. The number of carbonyl (C=O) groups is 1. The first-order valence-corrected chi connectivity index (χ1v) is 14.2. The highest BCUT2D eigenvalue weighted by Crippen LogP contribution is 2.18. The van der Waals surface area contributed by atoms with E-state index in [4.69, 9.17) is 0 Å². The van der Waals surface area contributed by atoms with E-state index in [9.17, 15) is 27.1 Å². The lowest BCUT2D eigenvalue weighted by molar-refractivity contribution is 0.0826. The molecule has 0 bridgehead atoms.